The van der Waals surface area contributed by atoms with E-state index in [2.05, 4.69) is 14.8 Å². The van der Waals surface area contributed by atoms with E-state index >= 15 is 0 Å². The molecule has 0 unspecified atom stereocenters. The van der Waals surface area contributed by atoms with Gasteiger partial charge in [0.2, 0.25) is 10.0 Å². The van der Waals surface area contributed by atoms with Crippen LogP contribution in [0.2, 0.25) is 0 Å². The lowest BCUT2D eigenvalue weighted by Crippen LogP contribution is -2.24. The van der Waals surface area contributed by atoms with E-state index in [1.807, 2.05) is 62.4 Å². The van der Waals surface area contributed by atoms with Crippen LogP contribution in [0.1, 0.15) is 29.7 Å². The monoisotopic (exact) mass is 368 g/mol. The molecule has 0 saturated heterocycles. The van der Waals surface area contributed by atoms with Crippen molar-refractivity contribution in [1.29, 1.82) is 0 Å². The standard InChI is InChI=1S/C19H20N4O2S/c1-15-3-5-17(6-4-15)11-12-26(24,25)22-16(2)18-7-9-19(10-8-18)23-14-20-13-21-23/h3-14,16,22H,1-2H3/b12-11-/t16-/m1/s1. The Morgan fingerprint density at radius 3 is 2.38 bits per heavy atom. The summed E-state index contributed by atoms with van der Waals surface area (Å²) in [5, 5.41) is 5.26. The summed E-state index contributed by atoms with van der Waals surface area (Å²) in [6.07, 6.45) is 4.66. The number of aryl methyl sites for hydroxylation is 1. The number of hydrogen-bond acceptors (Lipinski definition) is 4. The van der Waals surface area contributed by atoms with Crippen molar-refractivity contribution in [2.75, 3.05) is 0 Å². The number of nitrogens with one attached hydrogen (secondary N) is 1. The van der Waals surface area contributed by atoms with Crippen LogP contribution in [0.3, 0.4) is 0 Å². The Balaban J connectivity index is 1.68. The highest BCUT2D eigenvalue weighted by Crippen LogP contribution is 2.16. The van der Waals surface area contributed by atoms with Crippen LogP contribution in [0.15, 0.2) is 66.6 Å². The molecule has 7 heteroatoms. The minimum Gasteiger partial charge on any atom is -0.223 e. The topological polar surface area (TPSA) is 76.9 Å². The molecule has 1 aromatic heterocycles. The molecule has 0 aliphatic heterocycles. The Labute approximate surface area is 153 Å². The lowest BCUT2D eigenvalue weighted by molar-refractivity contribution is 0.576. The van der Waals surface area contributed by atoms with E-state index in [0.29, 0.717) is 0 Å². The number of benzene rings is 2. The minimum absolute atomic E-state index is 0.354. The average molecular weight is 368 g/mol. The van der Waals surface area contributed by atoms with E-state index in [0.717, 1.165) is 22.4 Å². The summed E-state index contributed by atoms with van der Waals surface area (Å²) in [5.41, 5.74) is 3.69. The molecular formula is C19H20N4O2S. The fourth-order valence-electron chi connectivity index (χ4n) is 2.46. The summed E-state index contributed by atoms with van der Waals surface area (Å²) >= 11 is 0. The van der Waals surface area contributed by atoms with Crippen molar-refractivity contribution in [2.24, 2.45) is 0 Å². The van der Waals surface area contributed by atoms with Crippen LogP contribution in [-0.4, -0.2) is 23.2 Å². The van der Waals surface area contributed by atoms with Crippen LogP contribution in [0.25, 0.3) is 11.8 Å². The van der Waals surface area contributed by atoms with Crippen LogP contribution >= 0.6 is 0 Å². The second-order valence-corrected chi connectivity index (χ2v) is 7.63. The van der Waals surface area contributed by atoms with Gasteiger partial charge in [0.25, 0.3) is 0 Å². The third-order valence-electron chi connectivity index (χ3n) is 3.93. The van der Waals surface area contributed by atoms with Crippen molar-refractivity contribution in [3.63, 3.8) is 0 Å². The Hall–Kier alpha value is -2.77. The second kappa shape index (κ2) is 7.63. The molecule has 0 fully saturated rings. The van der Waals surface area contributed by atoms with E-state index < -0.39 is 10.0 Å². The van der Waals surface area contributed by atoms with E-state index in [9.17, 15) is 8.42 Å². The van der Waals surface area contributed by atoms with Gasteiger partial charge >= 0.3 is 0 Å². The summed E-state index contributed by atoms with van der Waals surface area (Å²) in [7, 11) is -3.55. The maximum Gasteiger partial charge on any atom is 0.234 e. The first-order chi connectivity index (χ1) is 12.4. The summed E-state index contributed by atoms with van der Waals surface area (Å²) in [4.78, 5) is 3.91. The zero-order valence-corrected chi connectivity index (χ0v) is 15.4. The Morgan fingerprint density at radius 2 is 1.77 bits per heavy atom. The van der Waals surface area contributed by atoms with Gasteiger partial charge in [-0.1, -0.05) is 42.0 Å². The molecule has 1 N–H and O–H groups in total. The lowest BCUT2D eigenvalue weighted by Gasteiger charge is -2.13. The Kier molecular flexibility index (Phi) is 5.29. The van der Waals surface area contributed by atoms with Crippen molar-refractivity contribution < 1.29 is 8.42 Å². The van der Waals surface area contributed by atoms with Gasteiger partial charge in [0.05, 0.1) is 5.69 Å². The molecule has 0 saturated carbocycles. The molecule has 1 heterocycles. The fraction of sp³-hybridized carbons (Fsp3) is 0.158. The number of nitrogens with zero attached hydrogens (tertiary/aromatic N) is 3. The number of hydrogen-bond donors (Lipinski definition) is 1. The van der Waals surface area contributed by atoms with Crippen molar-refractivity contribution >= 4 is 16.1 Å². The van der Waals surface area contributed by atoms with Gasteiger partial charge < -0.3 is 0 Å². The van der Waals surface area contributed by atoms with Gasteiger partial charge in [-0.05, 0) is 43.2 Å². The first-order valence-electron chi connectivity index (χ1n) is 8.15. The SMILES string of the molecule is Cc1ccc(/C=C\S(=O)(=O)N[C@H](C)c2ccc(-n3cncn3)cc2)cc1. The predicted octanol–water partition coefficient (Wildman–Crippen LogP) is 3.23. The van der Waals surface area contributed by atoms with Crippen molar-refractivity contribution in [1.82, 2.24) is 19.5 Å². The molecule has 0 aliphatic carbocycles. The van der Waals surface area contributed by atoms with Gasteiger partial charge in [-0.15, -0.1) is 0 Å². The van der Waals surface area contributed by atoms with E-state index in [4.69, 9.17) is 0 Å². The van der Waals surface area contributed by atoms with Crippen LogP contribution in [-0.2, 0) is 10.0 Å². The quantitative estimate of drug-likeness (QED) is 0.725. The molecule has 3 aromatic rings. The van der Waals surface area contributed by atoms with Gasteiger partial charge in [0, 0.05) is 11.4 Å². The maximum absolute atomic E-state index is 12.3. The zero-order valence-electron chi connectivity index (χ0n) is 14.6. The molecule has 2 aromatic carbocycles. The summed E-state index contributed by atoms with van der Waals surface area (Å²) in [6, 6.07) is 14.8. The zero-order chi connectivity index (χ0) is 18.6. The van der Waals surface area contributed by atoms with Crippen molar-refractivity contribution in [3.8, 4) is 5.69 Å². The molecule has 0 radical (unpaired) electrons. The van der Waals surface area contributed by atoms with Gasteiger partial charge in [-0.3, -0.25) is 0 Å². The summed E-state index contributed by atoms with van der Waals surface area (Å²) < 4.78 is 28.9. The predicted molar refractivity (Wildman–Crippen MR) is 102 cm³/mol. The van der Waals surface area contributed by atoms with Crippen LogP contribution in [0, 0.1) is 6.92 Å². The molecule has 1 atom stereocenters. The maximum atomic E-state index is 12.3. The van der Waals surface area contributed by atoms with E-state index in [-0.39, 0.29) is 6.04 Å². The normalized spacial score (nSPS) is 13.2. The first kappa shape index (κ1) is 18.0. The van der Waals surface area contributed by atoms with Crippen LogP contribution < -0.4 is 4.72 Å². The highest BCUT2D eigenvalue weighted by atomic mass is 32.2. The van der Waals surface area contributed by atoms with E-state index in [1.165, 1.54) is 11.7 Å². The minimum atomic E-state index is -3.55. The third kappa shape index (κ3) is 4.65. The molecule has 26 heavy (non-hydrogen) atoms. The lowest BCUT2D eigenvalue weighted by atomic mass is 10.1. The molecule has 0 spiro atoms. The van der Waals surface area contributed by atoms with Gasteiger partial charge in [-0.2, -0.15) is 5.10 Å². The van der Waals surface area contributed by atoms with Crippen LogP contribution in [0.4, 0.5) is 0 Å². The van der Waals surface area contributed by atoms with Crippen molar-refractivity contribution in [2.45, 2.75) is 19.9 Å². The second-order valence-electron chi connectivity index (χ2n) is 6.03. The fourth-order valence-corrected chi connectivity index (χ4v) is 3.50. The summed E-state index contributed by atoms with van der Waals surface area (Å²) in [6.45, 7) is 3.80. The molecule has 134 valence electrons. The van der Waals surface area contributed by atoms with Crippen LogP contribution in [0.5, 0.6) is 0 Å². The van der Waals surface area contributed by atoms with Gasteiger partial charge in [0.15, 0.2) is 0 Å². The highest BCUT2D eigenvalue weighted by molar-refractivity contribution is 7.92. The Morgan fingerprint density at radius 1 is 1.08 bits per heavy atom. The van der Waals surface area contributed by atoms with E-state index in [1.54, 1.807) is 17.1 Å². The summed E-state index contributed by atoms with van der Waals surface area (Å²) in [5.74, 6) is 0. The van der Waals surface area contributed by atoms with Gasteiger partial charge in [-0.25, -0.2) is 22.8 Å². The molecule has 6 nitrogen and oxygen atoms in total. The highest BCUT2D eigenvalue weighted by Gasteiger charge is 2.13. The Bertz CT molecular complexity index is 977. The first-order valence-corrected chi connectivity index (χ1v) is 9.70. The molecule has 0 amide bonds. The molecule has 0 bridgehead atoms. The molecular weight excluding hydrogens is 348 g/mol. The van der Waals surface area contributed by atoms with Gasteiger partial charge in [0.1, 0.15) is 12.7 Å². The number of aromatic nitrogens is 3. The van der Waals surface area contributed by atoms with Crippen molar-refractivity contribution in [3.05, 3.63) is 83.3 Å². The number of sulfonamides is 1. The molecule has 3 rings (SSSR count). The number of rotatable bonds is 6. The third-order valence-corrected chi connectivity index (χ3v) is 5.11. The largest absolute Gasteiger partial charge is 0.234 e. The molecule has 0 aliphatic rings. The average Bonchev–Trinajstić information content (AvgIpc) is 3.16. The smallest absolute Gasteiger partial charge is 0.223 e.